The highest BCUT2D eigenvalue weighted by Gasteiger charge is 2.17. The van der Waals surface area contributed by atoms with Gasteiger partial charge in [0.1, 0.15) is 0 Å². The first-order valence-corrected chi connectivity index (χ1v) is 8.76. The lowest BCUT2D eigenvalue weighted by Gasteiger charge is -2.10. The number of fused-ring (bicyclic) bond motifs is 2. The molecule has 0 aromatic heterocycles. The molecule has 2 nitrogen and oxygen atoms in total. The van der Waals surface area contributed by atoms with E-state index in [4.69, 9.17) is 0 Å². The Morgan fingerprint density at radius 1 is 0.704 bits per heavy atom. The summed E-state index contributed by atoms with van der Waals surface area (Å²) in [4.78, 5) is 25.3. The second-order valence-electron chi connectivity index (χ2n) is 6.33. The maximum Gasteiger partial charge on any atom is 0.213 e. The number of hydrogen-bond acceptors (Lipinski definition) is 2. The first-order chi connectivity index (χ1) is 13.2. The Morgan fingerprint density at radius 2 is 1.26 bits per heavy atom. The normalized spacial score (nSPS) is 10.4. The number of carbonyl (C=O) groups is 2. The van der Waals surface area contributed by atoms with Crippen molar-refractivity contribution in [2.75, 3.05) is 0 Å². The number of hydrogen-bond donors (Lipinski definition) is 0. The van der Waals surface area contributed by atoms with Crippen molar-refractivity contribution in [1.82, 2.24) is 0 Å². The summed E-state index contributed by atoms with van der Waals surface area (Å²) in [7, 11) is 0. The molecule has 0 aliphatic carbocycles. The minimum atomic E-state index is -0.374. The molecule has 0 aliphatic rings. The molecular formula is C25H16O2. The smallest absolute Gasteiger partial charge is 0.213 e. The molecule has 0 N–H and O–H groups in total. The molecule has 0 bridgehead atoms. The summed E-state index contributed by atoms with van der Waals surface area (Å²) in [5.74, 6) is 4.84. The van der Waals surface area contributed by atoms with E-state index < -0.39 is 0 Å². The van der Waals surface area contributed by atoms with E-state index in [1.165, 1.54) is 0 Å². The maximum absolute atomic E-state index is 13.0. The van der Waals surface area contributed by atoms with Crippen LogP contribution >= 0.6 is 0 Å². The van der Waals surface area contributed by atoms with Gasteiger partial charge in [0.05, 0.1) is 6.42 Å². The molecule has 0 saturated heterocycles. The standard InChI is InChI=1S/C25H16O2/c26-21(15-14-18-8-2-1-3-9-18)17-24(27)25-22-12-6-4-10-19(22)16-20-11-5-7-13-23(20)25/h1-13,16H,17H2. The van der Waals surface area contributed by atoms with Gasteiger partial charge in [-0.25, -0.2) is 0 Å². The fourth-order valence-corrected chi connectivity index (χ4v) is 3.26. The number of rotatable bonds is 3. The molecule has 0 atom stereocenters. The predicted octanol–water partition coefficient (Wildman–Crippen LogP) is 5.19. The Morgan fingerprint density at radius 3 is 1.89 bits per heavy atom. The monoisotopic (exact) mass is 348 g/mol. The van der Waals surface area contributed by atoms with Crippen LogP contribution in [0.1, 0.15) is 22.3 Å². The summed E-state index contributed by atoms with van der Waals surface area (Å²) < 4.78 is 0. The first-order valence-electron chi connectivity index (χ1n) is 8.76. The van der Waals surface area contributed by atoms with Gasteiger partial charge >= 0.3 is 0 Å². The topological polar surface area (TPSA) is 34.1 Å². The molecule has 4 aromatic rings. The Kier molecular flexibility index (Phi) is 4.51. The molecule has 2 heteroatoms. The van der Waals surface area contributed by atoms with Crippen molar-refractivity contribution in [3.63, 3.8) is 0 Å². The molecule has 0 unspecified atom stereocenters. The van der Waals surface area contributed by atoms with Gasteiger partial charge in [0.15, 0.2) is 5.78 Å². The second-order valence-corrected chi connectivity index (χ2v) is 6.33. The molecule has 4 aromatic carbocycles. The molecule has 0 amide bonds. The van der Waals surface area contributed by atoms with Gasteiger partial charge in [-0.1, -0.05) is 72.7 Å². The number of benzene rings is 4. The largest absolute Gasteiger partial charge is 0.294 e. The molecule has 0 saturated carbocycles. The lowest BCUT2D eigenvalue weighted by atomic mass is 9.92. The van der Waals surface area contributed by atoms with E-state index in [1.54, 1.807) is 0 Å². The fourth-order valence-electron chi connectivity index (χ4n) is 3.26. The van der Waals surface area contributed by atoms with E-state index in [0.29, 0.717) is 5.56 Å². The molecule has 0 fully saturated rings. The van der Waals surface area contributed by atoms with Crippen molar-refractivity contribution in [2.24, 2.45) is 0 Å². The highest BCUT2D eigenvalue weighted by Crippen LogP contribution is 2.29. The van der Waals surface area contributed by atoms with E-state index in [9.17, 15) is 9.59 Å². The van der Waals surface area contributed by atoms with Crippen LogP contribution in [0.4, 0.5) is 0 Å². The van der Waals surface area contributed by atoms with Crippen LogP contribution in [0.15, 0.2) is 84.9 Å². The lowest BCUT2D eigenvalue weighted by Crippen LogP contribution is -2.08. The molecule has 0 heterocycles. The van der Waals surface area contributed by atoms with Crippen molar-refractivity contribution in [3.05, 3.63) is 96.1 Å². The van der Waals surface area contributed by atoms with Crippen LogP contribution in [0.5, 0.6) is 0 Å². The first kappa shape index (κ1) is 16.8. The van der Waals surface area contributed by atoms with E-state index in [2.05, 4.69) is 17.9 Å². The van der Waals surface area contributed by atoms with Gasteiger partial charge in [0, 0.05) is 11.1 Å². The number of ketones is 2. The zero-order valence-corrected chi connectivity index (χ0v) is 14.6. The minimum Gasteiger partial charge on any atom is -0.294 e. The average molecular weight is 348 g/mol. The van der Waals surface area contributed by atoms with Gasteiger partial charge < -0.3 is 0 Å². The van der Waals surface area contributed by atoms with Gasteiger partial charge in [-0.05, 0) is 45.7 Å². The second kappa shape index (κ2) is 7.27. The van der Waals surface area contributed by atoms with Gasteiger partial charge in [-0.3, -0.25) is 9.59 Å². The minimum absolute atomic E-state index is 0.199. The summed E-state index contributed by atoms with van der Waals surface area (Å²) in [6.07, 6.45) is -0.224. The Labute approximate surface area is 157 Å². The highest BCUT2D eigenvalue weighted by molar-refractivity contribution is 6.24. The number of Topliss-reactive ketones (excluding diaryl/α,β-unsaturated/α-hetero) is 2. The van der Waals surface area contributed by atoms with Crippen molar-refractivity contribution < 1.29 is 9.59 Å². The molecule has 0 spiro atoms. The average Bonchev–Trinajstić information content (AvgIpc) is 2.71. The highest BCUT2D eigenvalue weighted by atomic mass is 16.1. The summed E-state index contributed by atoms with van der Waals surface area (Å²) >= 11 is 0. The Hall–Kier alpha value is -3.70. The molecule has 128 valence electrons. The third kappa shape index (κ3) is 3.49. The molecule has 0 aliphatic heterocycles. The van der Waals surface area contributed by atoms with Gasteiger partial charge in [0.2, 0.25) is 5.78 Å². The van der Waals surface area contributed by atoms with E-state index in [0.717, 1.165) is 27.1 Å². The summed E-state index contributed by atoms with van der Waals surface area (Å²) in [6.45, 7) is 0. The zero-order valence-electron chi connectivity index (χ0n) is 14.6. The van der Waals surface area contributed by atoms with E-state index >= 15 is 0 Å². The van der Waals surface area contributed by atoms with Crippen LogP contribution in [0, 0.1) is 11.8 Å². The van der Waals surface area contributed by atoms with Crippen molar-refractivity contribution in [3.8, 4) is 11.8 Å². The fraction of sp³-hybridized carbons (Fsp3) is 0.0400. The third-order valence-corrected chi connectivity index (χ3v) is 4.49. The van der Waals surface area contributed by atoms with Crippen LogP contribution in [0.25, 0.3) is 21.5 Å². The predicted molar refractivity (Wildman–Crippen MR) is 109 cm³/mol. The van der Waals surface area contributed by atoms with Crippen molar-refractivity contribution >= 4 is 33.1 Å². The lowest BCUT2D eigenvalue weighted by molar-refractivity contribution is -0.113. The molecular weight excluding hydrogens is 332 g/mol. The Balaban J connectivity index is 1.72. The van der Waals surface area contributed by atoms with Crippen LogP contribution < -0.4 is 0 Å². The number of carbonyl (C=O) groups excluding carboxylic acids is 2. The maximum atomic E-state index is 13.0. The summed E-state index contributed by atoms with van der Waals surface area (Å²) in [5.41, 5.74) is 1.35. The van der Waals surface area contributed by atoms with Gasteiger partial charge in [-0.2, -0.15) is 0 Å². The van der Waals surface area contributed by atoms with Crippen LogP contribution in [0.3, 0.4) is 0 Å². The van der Waals surface area contributed by atoms with Crippen molar-refractivity contribution in [2.45, 2.75) is 6.42 Å². The van der Waals surface area contributed by atoms with Crippen LogP contribution in [-0.2, 0) is 4.79 Å². The zero-order chi connectivity index (χ0) is 18.6. The van der Waals surface area contributed by atoms with E-state index in [1.807, 2.05) is 78.9 Å². The summed E-state index contributed by atoms with van der Waals surface area (Å²) in [6, 6.07) is 26.9. The van der Waals surface area contributed by atoms with Crippen molar-refractivity contribution in [1.29, 1.82) is 0 Å². The SMILES string of the molecule is O=C(C#Cc1ccccc1)CC(=O)c1c2ccccc2cc2ccccc12. The van der Waals surface area contributed by atoms with E-state index in [-0.39, 0.29) is 18.0 Å². The summed E-state index contributed by atoms with van der Waals surface area (Å²) in [5, 5.41) is 3.71. The molecule has 0 radical (unpaired) electrons. The molecule has 4 rings (SSSR count). The van der Waals surface area contributed by atoms with Gasteiger partial charge in [-0.15, -0.1) is 0 Å². The quantitative estimate of drug-likeness (QED) is 0.221. The van der Waals surface area contributed by atoms with Crippen LogP contribution in [-0.4, -0.2) is 11.6 Å². The Bertz CT molecular complexity index is 1170. The molecule has 27 heavy (non-hydrogen) atoms. The van der Waals surface area contributed by atoms with Crippen LogP contribution in [0.2, 0.25) is 0 Å². The third-order valence-electron chi connectivity index (χ3n) is 4.49. The van der Waals surface area contributed by atoms with Gasteiger partial charge in [0.25, 0.3) is 0 Å².